The van der Waals surface area contributed by atoms with Gasteiger partial charge in [-0.2, -0.15) is 0 Å². The van der Waals surface area contributed by atoms with Crippen LogP contribution in [0.3, 0.4) is 0 Å². The van der Waals surface area contributed by atoms with Crippen LogP contribution in [-0.4, -0.2) is 25.5 Å². The Morgan fingerprint density at radius 3 is 2.65 bits per heavy atom. The number of halogens is 1. The Kier molecular flexibility index (Phi) is 6.17. The van der Waals surface area contributed by atoms with Gasteiger partial charge >= 0.3 is 5.97 Å². The number of esters is 1. The number of amides is 1. The summed E-state index contributed by atoms with van der Waals surface area (Å²) >= 11 is 3.44. The molecule has 2 N–H and O–H groups in total. The lowest BCUT2D eigenvalue weighted by Crippen LogP contribution is -2.16. The van der Waals surface area contributed by atoms with Gasteiger partial charge in [-0.15, -0.1) is 0 Å². The average Bonchev–Trinajstić information content (AvgIpc) is 2.56. The fraction of sp³-hybridized carbons (Fsp3) is 0.176. The maximum atomic E-state index is 12.0. The van der Waals surface area contributed by atoms with Crippen LogP contribution in [0.25, 0.3) is 0 Å². The van der Waals surface area contributed by atoms with Crippen molar-refractivity contribution in [2.24, 2.45) is 0 Å². The lowest BCUT2D eigenvalue weighted by molar-refractivity contribution is -0.115. The summed E-state index contributed by atoms with van der Waals surface area (Å²) in [5.74, 6) is -0.566. The van der Waals surface area contributed by atoms with E-state index in [1.165, 1.54) is 7.11 Å². The summed E-state index contributed by atoms with van der Waals surface area (Å²) in [6.45, 7) is 0.505. The van der Waals surface area contributed by atoms with Crippen LogP contribution in [0.5, 0.6) is 0 Å². The van der Waals surface area contributed by atoms with Gasteiger partial charge in [0.2, 0.25) is 5.91 Å². The van der Waals surface area contributed by atoms with Gasteiger partial charge in [0.1, 0.15) is 0 Å². The van der Waals surface area contributed by atoms with Crippen molar-refractivity contribution in [3.63, 3.8) is 0 Å². The maximum absolute atomic E-state index is 12.0. The van der Waals surface area contributed by atoms with Gasteiger partial charge in [-0.25, -0.2) is 4.79 Å². The van der Waals surface area contributed by atoms with Crippen molar-refractivity contribution in [1.82, 2.24) is 0 Å². The molecule has 1 amide bonds. The van der Waals surface area contributed by atoms with Crippen LogP contribution in [-0.2, 0) is 9.53 Å². The minimum absolute atomic E-state index is 0.133. The van der Waals surface area contributed by atoms with Crippen LogP contribution < -0.4 is 10.6 Å². The molecule has 2 aromatic carbocycles. The van der Waals surface area contributed by atoms with Crippen molar-refractivity contribution >= 4 is 39.2 Å². The number of carbonyl (C=O) groups is 2. The molecule has 0 aliphatic heterocycles. The van der Waals surface area contributed by atoms with Crippen molar-refractivity contribution in [2.75, 3.05) is 24.3 Å². The summed E-state index contributed by atoms with van der Waals surface area (Å²) in [7, 11) is 1.32. The first-order valence-corrected chi connectivity index (χ1v) is 7.86. The zero-order valence-electron chi connectivity index (χ0n) is 12.6. The van der Waals surface area contributed by atoms with Crippen LogP contribution in [0.4, 0.5) is 11.4 Å². The van der Waals surface area contributed by atoms with Crippen LogP contribution >= 0.6 is 15.9 Å². The van der Waals surface area contributed by atoms with Gasteiger partial charge < -0.3 is 15.4 Å². The number of carbonyl (C=O) groups excluding carboxylic acids is 2. The van der Waals surface area contributed by atoms with E-state index in [0.717, 1.165) is 10.2 Å². The number of methoxy groups -OCH3 is 1. The third kappa shape index (κ3) is 5.10. The monoisotopic (exact) mass is 376 g/mol. The summed E-state index contributed by atoms with van der Waals surface area (Å²) in [6.07, 6.45) is 0.309. The third-order valence-corrected chi connectivity index (χ3v) is 3.80. The number of benzene rings is 2. The molecule has 0 aliphatic carbocycles. The Labute approximate surface area is 143 Å². The normalized spacial score (nSPS) is 10.0. The molecule has 0 heterocycles. The molecule has 0 unspecified atom stereocenters. The van der Waals surface area contributed by atoms with E-state index in [2.05, 4.69) is 31.3 Å². The first-order chi connectivity index (χ1) is 11.1. The summed E-state index contributed by atoms with van der Waals surface area (Å²) in [6, 6.07) is 14.4. The predicted molar refractivity (Wildman–Crippen MR) is 93.7 cm³/mol. The number of hydrogen-bond acceptors (Lipinski definition) is 4. The zero-order valence-corrected chi connectivity index (χ0v) is 14.2. The first-order valence-electron chi connectivity index (χ1n) is 7.07. The second-order valence-electron chi connectivity index (χ2n) is 4.78. The molecule has 120 valence electrons. The summed E-state index contributed by atoms with van der Waals surface area (Å²) < 4.78 is 5.61. The van der Waals surface area contributed by atoms with Crippen molar-refractivity contribution < 1.29 is 14.3 Å². The number of nitrogens with one attached hydrogen (secondary N) is 2. The molecule has 0 fully saturated rings. The molecule has 0 aliphatic rings. The molecule has 0 spiro atoms. The number of rotatable bonds is 6. The Bertz CT molecular complexity index is 704. The van der Waals surface area contributed by atoms with E-state index in [1.54, 1.807) is 24.3 Å². The predicted octanol–water partition coefficient (Wildman–Crippen LogP) is 3.68. The van der Waals surface area contributed by atoms with Crippen LogP contribution in [0, 0.1) is 0 Å². The minimum Gasteiger partial charge on any atom is -0.465 e. The third-order valence-electron chi connectivity index (χ3n) is 3.11. The van der Waals surface area contributed by atoms with Crippen molar-refractivity contribution in [3.05, 3.63) is 58.6 Å². The second-order valence-corrected chi connectivity index (χ2v) is 5.63. The van der Waals surface area contributed by atoms with E-state index in [1.807, 2.05) is 24.3 Å². The maximum Gasteiger partial charge on any atom is 0.337 e. The van der Waals surface area contributed by atoms with E-state index in [4.69, 9.17) is 0 Å². The molecule has 0 saturated heterocycles. The second kappa shape index (κ2) is 8.33. The van der Waals surface area contributed by atoms with E-state index in [0.29, 0.717) is 24.2 Å². The summed E-state index contributed by atoms with van der Waals surface area (Å²) in [4.78, 5) is 23.4. The lowest BCUT2D eigenvalue weighted by Gasteiger charge is -2.09. The van der Waals surface area contributed by atoms with E-state index in [9.17, 15) is 9.59 Å². The smallest absolute Gasteiger partial charge is 0.337 e. The summed E-state index contributed by atoms with van der Waals surface area (Å²) in [5, 5.41) is 5.95. The van der Waals surface area contributed by atoms with Gasteiger partial charge in [0.15, 0.2) is 0 Å². The fourth-order valence-electron chi connectivity index (χ4n) is 1.98. The lowest BCUT2D eigenvalue weighted by atomic mass is 10.2. The van der Waals surface area contributed by atoms with Crippen molar-refractivity contribution in [1.29, 1.82) is 0 Å². The number of para-hydroxylation sites is 1. The van der Waals surface area contributed by atoms with E-state index >= 15 is 0 Å². The highest BCUT2D eigenvalue weighted by Gasteiger charge is 2.08. The Morgan fingerprint density at radius 1 is 1.13 bits per heavy atom. The number of anilines is 2. The minimum atomic E-state index is -0.434. The van der Waals surface area contributed by atoms with Crippen LogP contribution in [0.2, 0.25) is 0 Å². The zero-order chi connectivity index (χ0) is 16.7. The molecule has 6 heteroatoms. The average molecular weight is 377 g/mol. The fourth-order valence-corrected chi connectivity index (χ4v) is 2.41. The van der Waals surface area contributed by atoms with Gasteiger partial charge in [-0.3, -0.25) is 4.79 Å². The molecule has 2 aromatic rings. The highest BCUT2D eigenvalue weighted by molar-refractivity contribution is 9.10. The Hall–Kier alpha value is -2.34. The Morgan fingerprint density at radius 2 is 1.91 bits per heavy atom. The van der Waals surface area contributed by atoms with Gasteiger partial charge in [0.25, 0.3) is 0 Å². The molecule has 2 rings (SSSR count). The van der Waals surface area contributed by atoms with Crippen LogP contribution in [0.1, 0.15) is 16.8 Å². The SMILES string of the molecule is COC(=O)c1cccc(NC(=O)CCNc2ccccc2Br)c1. The molecule has 0 aromatic heterocycles. The molecule has 5 nitrogen and oxygen atoms in total. The van der Waals surface area contributed by atoms with E-state index in [-0.39, 0.29) is 5.91 Å². The molecule has 0 atom stereocenters. The largest absolute Gasteiger partial charge is 0.465 e. The van der Waals surface area contributed by atoms with E-state index < -0.39 is 5.97 Å². The van der Waals surface area contributed by atoms with Crippen molar-refractivity contribution in [3.8, 4) is 0 Å². The van der Waals surface area contributed by atoms with Crippen LogP contribution in [0.15, 0.2) is 53.0 Å². The molecule has 23 heavy (non-hydrogen) atoms. The standard InChI is InChI=1S/C17H17BrN2O3/c1-23-17(22)12-5-4-6-13(11-12)20-16(21)9-10-19-15-8-3-2-7-14(15)18/h2-8,11,19H,9-10H2,1H3,(H,20,21). The van der Waals surface area contributed by atoms with Crippen molar-refractivity contribution in [2.45, 2.75) is 6.42 Å². The number of ether oxygens (including phenoxy) is 1. The molecular formula is C17H17BrN2O3. The van der Waals surface area contributed by atoms with Gasteiger partial charge in [0, 0.05) is 28.8 Å². The first kappa shape index (κ1) is 17.0. The Balaban J connectivity index is 1.85. The van der Waals surface area contributed by atoms with Gasteiger partial charge in [0.05, 0.1) is 12.7 Å². The highest BCUT2D eigenvalue weighted by atomic mass is 79.9. The molecule has 0 radical (unpaired) electrons. The molecular weight excluding hydrogens is 360 g/mol. The molecule has 0 saturated carbocycles. The quantitative estimate of drug-likeness (QED) is 0.754. The molecule has 0 bridgehead atoms. The van der Waals surface area contributed by atoms with Gasteiger partial charge in [-0.1, -0.05) is 18.2 Å². The highest BCUT2D eigenvalue weighted by Crippen LogP contribution is 2.21. The van der Waals surface area contributed by atoms with Gasteiger partial charge in [-0.05, 0) is 46.3 Å². The summed E-state index contributed by atoms with van der Waals surface area (Å²) in [5.41, 5.74) is 1.91. The topological polar surface area (TPSA) is 67.4 Å². The number of hydrogen-bond donors (Lipinski definition) is 2.